The van der Waals surface area contributed by atoms with Crippen molar-refractivity contribution in [3.8, 4) is 0 Å². The first-order chi connectivity index (χ1) is 6.72. The van der Waals surface area contributed by atoms with Crippen molar-refractivity contribution in [2.75, 3.05) is 6.61 Å². The van der Waals surface area contributed by atoms with Crippen molar-refractivity contribution in [1.82, 2.24) is 0 Å². The second-order valence-corrected chi connectivity index (χ2v) is 4.39. The predicted octanol–water partition coefficient (Wildman–Crippen LogP) is 2.31. The van der Waals surface area contributed by atoms with Crippen LogP contribution < -0.4 is 0 Å². The van der Waals surface area contributed by atoms with E-state index in [9.17, 15) is 4.79 Å². The summed E-state index contributed by atoms with van der Waals surface area (Å²) in [6.07, 6.45) is 6.06. The average molecular weight is 197 g/mol. The molecule has 80 valence electrons. The van der Waals surface area contributed by atoms with Gasteiger partial charge in [-0.25, -0.2) is 9.79 Å². The lowest BCUT2D eigenvalue weighted by Gasteiger charge is -2.26. The molecule has 1 aliphatic rings. The normalized spacial score (nSPS) is 27.4. The molecule has 1 aliphatic carbocycles. The molecule has 1 fully saturated rings. The standard InChI is InChI=1S/C11H19NO2/c1-9(2)7-14-11-5-3-4-10(6-11)12-8-13/h9-11H,3-7H2,1-2H3. The summed E-state index contributed by atoms with van der Waals surface area (Å²) in [7, 11) is 0. The number of hydrogen-bond acceptors (Lipinski definition) is 3. The summed E-state index contributed by atoms with van der Waals surface area (Å²) in [5, 5.41) is 0. The molecule has 0 aliphatic heterocycles. The molecule has 0 heterocycles. The topological polar surface area (TPSA) is 38.7 Å². The Balaban J connectivity index is 2.28. The number of aliphatic imine (C=N–C) groups is 1. The number of hydrogen-bond donors (Lipinski definition) is 0. The van der Waals surface area contributed by atoms with E-state index in [1.54, 1.807) is 6.08 Å². The molecule has 3 nitrogen and oxygen atoms in total. The summed E-state index contributed by atoms with van der Waals surface area (Å²) in [5.74, 6) is 0.574. The number of ether oxygens (including phenoxy) is 1. The van der Waals surface area contributed by atoms with Crippen LogP contribution in [0.5, 0.6) is 0 Å². The fourth-order valence-electron chi connectivity index (χ4n) is 1.79. The lowest BCUT2D eigenvalue weighted by molar-refractivity contribution is 0.00960. The van der Waals surface area contributed by atoms with Gasteiger partial charge in [0.05, 0.1) is 12.1 Å². The third-order valence-electron chi connectivity index (χ3n) is 2.50. The van der Waals surface area contributed by atoms with Gasteiger partial charge < -0.3 is 4.74 Å². The van der Waals surface area contributed by atoms with E-state index >= 15 is 0 Å². The van der Waals surface area contributed by atoms with Crippen LogP contribution in [0, 0.1) is 5.92 Å². The Labute approximate surface area is 85.6 Å². The highest BCUT2D eigenvalue weighted by atomic mass is 16.5. The van der Waals surface area contributed by atoms with E-state index in [1.165, 1.54) is 0 Å². The van der Waals surface area contributed by atoms with Crippen molar-refractivity contribution in [1.29, 1.82) is 0 Å². The molecule has 0 amide bonds. The number of nitrogens with zero attached hydrogens (tertiary/aromatic N) is 1. The molecular weight excluding hydrogens is 178 g/mol. The summed E-state index contributed by atoms with van der Waals surface area (Å²) in [4.78, 5) is 13.9. The molecule has 1 rings (SSSR count). The van der Waals surface area contributed by atoms with Gasteiger partial charge in [-0.1, -0.05) is 13.8 Å². The average Bonchev–Trinajstić information content (AvgIpc) is 2.16. The van der Waals surface area contributed by atoms with Gasteiger partial charge >= 0.3 is 0 Å². The molecule has 3 heteroatoms. The van der Waals surface area contributed by atoms with Crippen molar-refractivity contribution in [2.45, 2.75) is 51.7 Å². The third kappa shape index (κ3) is 4.03. The molecule has 0 radical (unpaired) electrons. The maximum Gasteiger partial charge on any atom is 0.235 e. The SMILES string of the molecule is CC(C)COC1CCCC(N=C=O)C1. The zero-order valence-electron chi connectivity index (χ0n) is 9.03. The van der Waals surface area contributed by atoms with Crippen LogP contribution in [0.15, 0.2) is 4.99 Å². The molecule has 0 aromatic rings. The minimum atomic E-state index is 0.151. The molecule has 0 spiro atoms. The maximum atomic E-state index is 10.1. The number of rotatable bonds is 4. The van der Waals surface area contributed by atoms with Crippen LogP contribution >= 0.6 is 0 Å². The van der Waals surface area contributed by atoms with Crippen molar-refractivity contribution in [3.63, 3.8) is 0 Å². The summed E-state index contributed by atoms with van der Waals surface area (Å²) in [5.41, 5.74) is 0. The Kier molecular flexibility index (Phi) is 4.85. The smallest absolute Gasteiger partial charge is 0.235 e. The Morgan fingerprint density at radius 2 is 2.29 bits per heavy atom. The molecule has 2 unspecified atom stereocenters. The van der Waals surface area contributed by atoms with Gasteiger partial charge in [-0.3, -0.25) is 0 Å². The Bertz CT molecular complexity index is 209. The fraction of sp³-hybridized carbons (Fsp3) is 0.909. The van der Waals surface area contributed by atoms with Gasteiger partial charge in [0.15, 0.2) is 0 Å². The van der Waals surface area contributed by atoms with E-state index in [2.05, 4.69) is 18.8 Å². The van der Waals surface area contributed by atoms with Crippen molar-refractivity contribution in [3.05, 3.63) is 0 Å². The van der Waals surface area contributed by atoms with Crippen LogP contribution in [0.4, 0.5) is 0 Å². The molecule has 0 aromatic carbocycles. The lowest BCUT2D eigenvalue weighted by atomic mass is 9.93. The first kappa shape index (κ1) is 11.4. The summed E-state index contributed by atoms with van der Waals surface area (Å²) in [6.45, 7) is 5.09. The molecule has 0 aromatic heterocycles. The highest BCUT2D eigenvalue weighted by Crippen LogP contribution is 2.23. The summed E-state index contributed by atoms with van der Waals surface area (Å²) in [6, 6.07) is 0.151. The van der Waals surface area contributed by atoms with Crippen LogP contribution in [0.25, 0.3) is 0 Å². The lowest BCUT2D eigenvalue weighted by Crippen LogP contribution is -2.26. The van der Waals surface area contributed by atoms with Crippen LogP contribution in [-0.4, -0.2) is 24.8 Å². The Morgan fingerprint density at radius 3 is 2.93 bits per heavy atom. The maximum absolute atomic E-state index is 10.1. The third-order valence-corrected chi connectivity index (χ3v) is 2.50. The largest absolute Gasteiger partial charge is 0.378 e. The minimum Gasteiger partial charge on any atom is -0.378 e. The molecule has 0 bridgehead atoms. The minimum absolute atomic E-state index is 0.151. The van der Waals surface area contributed by atoms with Gasteiger partial charge in [0.2, 0.25) is 6.08 Å². The second kappa shape index (κ2) is 5.94. The fourth-order valence-corrected chi connectivity index (χ4v) is 1.79. The van der Waals surface area contributed by atoms with Gasteiger partial charge in [0, 0.05) is 6.61 Å². The zero-order chi connectivity index (χ0) is 10.4. The van der Waals surface area contributed by atoms with E-state index < -0.39 is 0 Å². The van der Waals surface area contributed by atoms with Crippen molar-refractivity contribution >= 4 is 6.08 Å². The zero-order valence-corrected chi connectivity index (χ0v) is 9.03. The Morgan fingerprint density at radius 1 is 1.50 bits per heavy atom. The van der Waals surface area contributed by atoms with E-state index in [4.69, 9.17) is 4.74 Å². The Hall–Kier alpha value is -0.660. The van der Waals surface area contributed by atoms with Crippen molar-refractivity contribution in [2.24, 2.45) is 10.9 Å². The van der Waals surface area contributed by atoms with Crippen LogP contribution in [0.1, 0.15) is 39.5 Å². The quantitative estimate of drug-likeness (QED) is 0.512. The molecular formula is C11H19NO2. The first-order valence-corrected chi connectivity index (χ1v) is 5.41. The van der Waals surface area contributed by atoms with Crippen molar-refractivity contribution < 1.29 is 9.53 Å². The monoisotopic (exact) mass is 197 g/mol. The molecule has 0 N–H and O–H groups in total. The molecule has 0 saturated heterocycles. The van der Waals surface area contributed by atoms with E-state index in [1.807, 2.05) is 0 Å². The first-order valence-electron chi connectivity index (χ1n) is 5.41. The number of isocyanates is 1. The number of carbonyl (C=O) groups excluding carboxylic acids is 1. The van der Waals surface area contributed by atoms with Crippen LogP contribution in [0.3, 0.4) is 0 Å². The van der Waals surface area contributed by atoms with E-state index in [-0.39, 0.29) is 6.04 Å². The molecule has 14 heavy (non-hydrogen) atoms. The van der Waals surface area contributed by atoms with E-state index in [0.29, 0.717) is 12.0 Å². The van der Waals surface area contributed by atoms with Gasteiger partial charge in [-0.15, -0.1) is 0 Å². The van der Waals surface area contributed by atoms with Gasteiger partial charge in [0.25, 0.3) is 0 Å². The summed E-state index contributed by atoms with van der Waals surface area (Å²) >= 11 is 0. The predicted molar refractivity (Wildman–Crippen MR) is 55.0 cm³/mol. The van der Waals surface area contributed by atoms with Crippen LogP contribution in [-0.2, 0) is 9.53 Å². The molecule has 2 atom stereocenters. The van der Waals surface area contributed by atoms with Crippen LogP contribution in [0.2, 0.25) is 0 Å². The highest BCUT2D eigenvalue weighted by Gasteiger charge is 2.22. The highest BCUT2D eigenvalue weighted by molar-refractivity contribution is 5.33. The molecule has 1 saturated carbocycles. The van der Waals surface area contributed by atoms with Gasteiger partial charge in [-0.05, 0) is 31.6 Å². The van der Waals surface area contributed by atoms with Gasteiger partial charge in [0.1, 0.15) is 0 Å². The van der Waals surface area contributed by atoms with Gasteiger partial charge in [-0.2, -0.15) is 0 Å². The van der Waals surface area contributed by atoms with E-state index in [0.717, 1.165) is 32.3 Å². The second-order valence-electron chi connectivity index (χ2n) is 4.39. The summed E-state index contributed by atoms with van der Waals surface area (Å²) < 4.78 is 5.73.